The predicted octanol–water partition coefficient (Wildman–Crippen LogP) is 3.03. The van der Waals surface area contributed by atoms with Crippen LogP contribution in [-0.4, -0.2) is 36.9 Å². The number of nitrogens with zero attached hydrogens (tertiary/aromatic N) is 1. The molecular formula is C16H24ClNO4S. The molecule has 0 aliphatic rings. The monoisotopic (exact) mass is 361 g/mol. The summed E-state index contributed by atoms with van der Waals surface area (Å²) < 4.78 is 27.8. The number of benzene rings is 1. The van der Waals surface area contributed by atoms with E-state index in [-0.39, 0.29) is 17.4 Å². The Labute approximate surface area is 143 Å². The maximum Gasteiger partial charge on any atom is 0.308 e. The minimum absolute atomic E-state index is 0.0843. The van der Waals surface area contributed by atoms with Gasteiger partial charge in [0.15, 0.2) is 0 Å². The van der Waals surface area contributed by atoms with Crippen molar-refractivity contribution in [3.8, 4) is 5.75 Å². The topological polar surface area (TPSA) is 63.7 Å². The Morgan fingerprint density at radius 3 is 2.22 bits per heavy atom. The van der Waals surface area contributed by atoms with Crippen LogP contribution >= 0.6 is 11.6 Å². The van der Waals surface area contributed by atoms with E-state index in [1.54, 1.807) is 36.1 Å². The number of carbonyl (C=O) groups is 1. The maximum absolute atomic E-state index is 12.2. The first-order valence-corrected chi connectivity index (χ1v) is 9.60. The predicted molar refractivity (Wildman–Crippen MR) is 92.1 cm³/mol. The van der Waals surface area contributed by atoms with Crippen LogP contribution in [0.15, 0.2) is 24.3 Å². The van der Waals surface area contributed by atoms with Gasteiger partial charge in [0.25, 0.3) is 0 Å². The van der Waals surface area contributed by atoms with Crippen molar-refractivity contribution in [2.45, 2.75) is 39.6 Å². The molecule has 0 spiro atoms. The third kappa shape index (κ3) is 6.79. The summed E-state index contributed by atoms with van der Waals surface area (Å²) in [6.45, 7) is 8.28. The third-order valence-corrected chi connectivity index (χ3v) is 4.45. The molecule has 0 heterocycles. The number of amides is 1. The van der Waals surface area contributed by atoms with Crippen molar-refractivity contribution in [1.82, 2.24) is 4.90 Å². The molecule has 23 heavy (non-hydrogen) atoms. The van der Waals surface area contributed by atoms with Crippen molar-refractivity contribution in [1.29, 1.82) is 0 Å². The molecule has 1 aromatic carbocycles. The van der Waals surface area contributed by atoms with Crippen molar-refractivity contribution >= 4 is 27.6 Å². The Morgan fingerprint density at radius 2 is 1.78 bits per heavy atom. The molecule has 0 aliphatic carbocycles. The van der Waals surface area contributed by atoms with Gasteiger partial charge in [-0.1, -0.05) is 26.0 Å². The average Bonchev–Trinajstić information content (AvgIpc) is 2.47. The van der Waals surface area contributed by atoms with Crippen molar-refractivity contribution in [3.05, 3.63) is 29.8 Å². The molecule has 0 radical (unpaired) electrons. The molecule has 0 saturated carbocycles. The normalized spacial score (nSPS) is 13.0. The first-order chi connectivity index (χ1) is 10.6. The molecule has 0 N–H and O–H groups in total. The number of halogens is 1. The van der Waals surface area contributed by atoms with Gasteiger partial charge in [0, 0.05) is 13.1 Å². The van der Waals surface area contributed by atoms with E-state index in [0.29, 0.717) is 19.0 Å². The highest BCUT2D eigenvalue weighted by atomic mass is 35.5. The highest BCUT2D eigenvalue weighted by Gasteiger charge is 2.20. The van der Waals surface area contributed by atoms with E-state index in [0.717, 1.165) is 5.56 Å². The first-order valence-electron chi connectivity index (χ1n) is 7.58. The Kier molecular flexibility index (Phi) is 7.35. The van der Waals surface area contributed by atoms with Gasteiger partial charge in [-0.25, -0.2) is 0 Å². The van der Waals surface area contributed by atoms with Crippen LogP contribution in [0.25, 0.3) is 0 Å². The smallest absolute Gasteiger partial charge is 0.308 e. The van der Waals surface area contributed by atoms with Gasteiger partial charge in [0.2, 0.25) is 5.91 Å². The molecule has 130 valence electrons. The minimum Gasteiger partial charge on any atom is -0.382 e. The molecule has 0 aromatic heterocycles. The number of hydrogen-bond acceptors (Lipinski definition) is 4. The van der Waals surface area contributed by atoms with Gasteiger partial charge < -0.3 is 9.08 Å². The standard InChI is InChI=1S/C16H24ClNO4S/c1-5-23(20,21)22-15-8-6-14(7-9-15)11-18(10-12(2)3)16(19)13(4)17/h6-9,12-13H,5,10-11H2,1-4H3. The van der Waals surface area contributed by atoms with E-state index >= 15 is 0 Å². The molecule has 1 atom stereocenters. The maximum atomic E-state index is 12.2. The summed E-state index contributed by atoms with van der Waals surface area (Å²) in [7, 11) is -3.53. The summed E-state index contributed by atoms with van der Waals surface area (Å²) in [5.41, 5.74) is 0.887. The minimum atomic E-state index is -3.53. The van der Waals surface area contributed by atoms with Crippen LogP contribution in [0.5, 0.6) is 5.75 Å². The van der Waals surface area contributed by atoms with E-state index in [1.165, 1.54) is 6.92 Å². The Balaban J connectivity index is 2.83. The first kappa shape index (κ1) is 19.8. The second-order valence-corrected chi connectivity index (χ2v) is 8.32. The van der Waals surface area contributed by atoms with Gasteiger partial charge in [-0.05, 0) is 37.5 Å². The van der Waals surface area contributed by atoms with E-state index in [4.69, 9.17) is 15.8 Å². The largest absolute Gasteiger partial charge is 0.382 e. The zero-order chi connectivity index (χ0) is 17.6. The zero-order valence-corrected chi connectivity index (χ0v) is 15.5. The molecule has 1 rings (SSSR count). The quantitative estimate of drug-likeness (QED) is 0.527. The summed E-state index contributed by atoms with van der Waals surface area (Å²) >= 11 is 5.91. The van der Waals surface area contributed by atoms with Crippen LogP contribution in [-0.2, 0) is 21.5 Å². The lowest BCUT2D eigenvalue weighted by Gasteiger charge is -2.26. The molecule has 0 saturated heterocycles. The second-order valence-electron chi connectivity index (χ2n) is 5.80. The molecule has 0 fully saturated rings. The molecule has 0 bridgehead atoms. The van der Waals surface area contributed by atoms with Crippen LogP contribution in [0.4, 0.5) is 0 Å². The van der Waals surface area contributed by atoms with Gasteiger partial charge in [0.05, 0.1) is 5.75 Å². The lowest BCUT2D eigenvalue weighted by Crippen LogP contribution is -2.37. The van der Waals surface area contributed by atoms with E-state index < -0.39 is 15.5 Å². The Bertz CT molecular complexity index is 611. The molecule has 5 nitrogen and oxygen atoms in total. The third-order valence-electron chi connectivity index (χ3n) is 3.11. The zero-order valence-electron chi connectivity index (χ0n) is 14.0. The number of carbonyl (C=O) groups excluding carboxylic acids is 1. The number of hydrogen-bond donors (Lipinski definition) is 0. The lowest BCUT2D eigenvalue weighted by atomic mass is 10.1. The van der Waals surface area contributed by atoms with Crippen LogP contribution in [0.3, 0.4) is 0 Å². The van der Waals surface area contributed by atoms with Gasteiger partial charge in [-0.15, -0.1) is 11.6 Å². The van der Waals surface area contributed by atoms with Gasteiger partial charge in [-0.3, -0.25) is 4.79 Å². The van der Waals surface area contributed by atoms with Crippen molar-refractivity contribution < 1.29 is 17.4 Å². The fourth-order valence-corrected chi connectivity index (χ4v) is 2.66. The average molecular weight is 362 g/mol. The van der Waals surface area contributed by atoms with Crippen molar-refractivity contribution in [3.63, 3.8) is 0 Å². The fourth-order valence-electron chi connectivity index (χ4n) is 2.00. The van der Waals surface area contributed by atoms with E-state index in [2.05, 4.69) is 0 Å². The molecule has 1 amide bonds. The van der Waals surface area contributed by atoms with Crippen LogP contribution in [0, 0.1) is 5.92 Å². The molecule has 1 unspecified atom stereocenters. The van der Waals surface area contributed by atoms with Gasteiger partial charge in [-0.2, -0.15) is 8.42 Å². The van der Waals surface area contributed by atoms with E-state index in [9.17, 15) is 13.2 Å². The SMILES string of the molecule is CCS(=O)(=O)Oc1ccc(CN(CC(C)C)C(=O)C(C)Cl)cc1. The Hall–Kier alpha value is -1.27. The fraction of sp³-hybridized carbons (Fsp3) is 0.562. The summed E-state index contributed by atoms with van der Waals surface area (Å²) in [4.78, 5) is 13.9. The second kappa shape index (κ2) is 8.55. The molecule has 7 heteroatoms. The summed E-state index contributed by atoms with van der Waals surface area (Å²) in [5, 5.41) is -0.578. The van der Waals surface area contributed by atoms with E-state index in [1.807, 2.05) is 13.8 Å². The summed E-state index contributed by atoms with van der Waals surface area (Å²) in [5.74, 6) is 0.392. The van der Waals surface area contributed by atoms with Gasteiger partial charge in [0.1, 0.15) is 11.1 Å². The summed E-state index contributed by atoms with van der Waals surface area (Å²) in [6.07, 6.45) is 0. The highest BCUT2D eigenvalue weighted by molar-refractivity contribution is 7.87. The van der Waals surface area contributed by atoms with Crippen LogP contribution in [0.1, 0.15) is 33.3 Å². The van der Waals surface area contributed by atoms with Gasteiger partial charge >= 0.3 is 10.1 Å². The number of alkyl halides is 1. The van der Waals surface area contributed by atoms with Crippen molar-refractivity contribution in [2.75, 3.05) is 12.3 Å². The Morgan fingerprint density at radius 1 is 1.22 bits per heavy atom. The highest BCUT2D eigenvalue weighted by Crippen LogP contribution is 2.17. The molecular weight excluding hydrogens is 338 g/mol. The van der Waals surface area contributed by atoms with Crippen molar-refractivity contribution in [2.24, 2.45) is 5.92 Å². The molecule has 1 aromatic rings. The van der Waals surface area contributed by atoms with Crippen LogP contribution < -0.4 is 4.18 Å². The van der Waals surface area contributed by atoms with Crippen LogP contribution in [0.2, 0.25) is 0 Å². The summed E-state index contributed by atoms with van der Waals surface area (Å²) in [6, 6.07) is 6.68. The molecule has 0 aliphatic heterocycles. The number of rotatable bonds is 8. The lowest BCUT2D eigenvalue weighted by molar-refractivity contribution is -0.131.